The van der Waals surface area contributed by atoms with Crippen LogP contribution in [0.3, 0.4) is 0 Å². The number of nitrogens with one attached hydrogen (secondary N) is 1. The van der Waals surface area contributed by atoms with Crippen LogP contribution in [0.4, 0.5) is 4.79 Å². The third kappa shape index (κ3) is 3.58. The van der Waals surface area contributed by atoms with Gasteiger partial charge in [0.2, 0.25) is 0 Å². The molecule has 0 fully saturated rings. The van der Waals surface area contributed by atoms with Gasteiger partial charge in [0.15, 0.2) is 0 Å². The van der Waals surface area contributed by atoms with Gasteiger partial charge in [-0.25, -0.2) is 9.59 Å². The number of aryl methyl sites for hydroxylation is 1. The minimum absolute atomic E-state index is 0.178. The number of alkyl carbamates (subject to hydrolysis) is 1. The Balaban J connectivity index is 2.17. The van der Waals surface area contributed by atoms with Gasteiger partial charge in [-0.15, -0.1) is 0 Å². The smallest absolute Gasteiger partial charge is 0.408 e. The molecular formula is C16H19NO5. The van der Waals surface area contributed by atoms with Gasteiger partial charge in [0, 0.05) is 10.9 Å². The lowest BCUT2D eigenvalue weighted by molar-refractivity contribution is 0.0519. The minimum Gasteiger partial charge on any atom is -0.478 e. The first-order chi connectivity index (χ1) is 10.2. The molecule has 2 N–H and O–H groups in total. The Bertz CT molecular complexity index is 724. The molecular weight excluding hydrogens is 286 g/mol. The number of furan rings is 1. The van der Waals surface area contributed by atoms with E-state index in [0.29, 0.717) is 11.3 Å². The molecule has 0 saturated carbocycles. The number of ether oxygens (including phenoxy) is 1. The van der Waals surface area contributed by atoms with Crippen LogP contribution in [0, 0.1) is 6.92 Å². The Kier molecular flexibility index (Phi) is 4.12. The summed E-state index contributed by atoms with van der Waals surface area (Å²) in [6.07, 6.45) is -0.529. The van der Waals surface area contributed by atoms with Crippen molar-refractivity contribution in [3.05, 3.63) is 35.1 Å². The summed E-state index contributed by atoms with van der Waals surface area (Å²) in [5.74, 6) is -0.417. The quantitative estimate of drug-likeness (QED) is 0.906. The predicted molar refractivity (Wildman–Crippen MR) is 81.0 cm³/mol. The maximum Gasteiger partial charge on any atom is 0.408 e. The molecule has 6 nitrogen and oxygen atoms in total. The first-order valence-corrected chi connectivity index (χ1v) is 6.89. The van der Waals surface area contributed by atoms with E-state index in [0.717, 1.165) is 10.9 Å². The van der Waals surface area contributed by atoms with Crippen LogP contribution in [-0.4, -0.2) is 22.8 Å². The Morgan fingerprint density at radius 1 is 1.32 bits per heavy atom. The molecule has 0 aliphatic carbocycles. The zero-order valence-electron chi connectivity index (χ0n) is 13.0. The lowest BCUT2D eigenvalue weighted by Crippen LogP contribution is -2.32. The minimum atomic E-state index is -0.990. The van der Waals surface area contributed by atoms with Gasteiger partial charge in [-0.2, -0.15) is 0 Å². The fraction of sp³-hybridized carbons (Fsp3) is 0.375. The van der Waals surface area contributed by atoms with Crippen LogP contribution in [0.5, 0.6) is 0 Å². The summed E-state index contributed by atoms with van der Waals surface area (Å²) >= 11 is 0. The van der Waals surface area contributed by atoms with E-state index in [9.17, 15) is 9.59 Å². The van der Waals surface area contributed by atoms with Crippen LogP contribution in [0.25, 0.3) is 11.0 Å². The van der Waals surface area contributed by atoms with Crippen LogP contribution >= 0.6 is 0 Å². The number of carbonyl (C=O) groups is 2. The Labute approximate surface area is 128 Å². The van der Waals surface area contributed by atoms with Crippen molar-refractivity contribution >= 4 is 23.0 Å². The van der Waals surface area contributed by atoms with Crippen molar-refractivity contribution in [3.8, 4) is 0 Å². The zero-order valence-corrected chi connectivity index (χ0v) is 13.0. The van der Waals surface area contributed by atoms with Crippen molar-refractivity contribution in [3.63, 3.8) is 0 Å². The van der Waals surface area contributed by atoms with Gasteiger partial charge in [0.1, 0.15) is 16.9 Å². The van der Waals surface area contributed by atoms with E-state index in [1.54, 1.807) is 32.9 Å². The van der Waals surface area contributed by atoms with Crippen LogP contribution in [0.15, 0.2) is 22.6 Å². The number of aromatic carboxylic acids is 1. The van der Waals surface area contributed by atoms with Crippen LogP contribution < -0.4 is 5.32 Å². The highest BCUT2D eigenvalue weighted by Crippen LogP contribution is 2.26. The molecule has 2 rings (SSSR count). The summed E-state index contributed by atoms with van der Waals surface area (Å²) in [5.41, 5.74) is 1.02. The van der Waals surface area contributed by atoms with Gasteiger partial charge >= 0.3 is 12.1 Å². The Hall–Kier alpha value is -2.50. The maximum atomic E-state index is 11.6. The number of rotatable bonds is 3. The third-order valence-electron chi connectivity index (χ3n) is 3.07. The number of carbonyl (C=O) groups excluding carboxylic acids is 1. The zero-order chi connectivity index (χ0) is 16.5. The molecule has 0 aliphatic rings. The number of carboxylic acids is 1. The highest BCUT2D eigenvalue weighted by Gasteiger charge is 2.18. The van der Waals surface area contributed by atoms with Gasteiger partial charge < -0.3 is 19.6 Å². The monoisotopic (exact) mass is 305 g/mol. The topological polar surface area (TPSA) is 88.8 Å². The van der Waals surface area contributed by atoms with Crippen molar-refractivity contribution in [1.29, 1.82) is 0 Å². The summed E-state index contributed by atoms with van der Waals surface area (Å²) in [7, 11) is 0. The van der Waals surface area contributed by atoms with Crippen molar-refractivity contribution in [2.75, 3.05) is 0 Å². The fourth-order valence-corrected chi connectivity index (χ4v) is 2.04. The average molecular weight is 305 g/mol. The molecule has 118 valence electrons. The number of hydrogen-bond acceptors (Lipinski definition) is 4. The van der Waals surface area contributed by atoms with Gasteiger partial charge in [0.05, 0.1) is 12.1 Å². The lowest BCUT2D eigenvalue weighted by atomic mass is 10.1. The molecule has 0 saturated heterocycles. The average Bonchev–Trinajstić information content (AvgIpc) is 2.71. The van der Waals surface area contributed by atoms with Crippen molar-refractivity contribution in [2.45, 2.75) is 39.8 Å². The molecule has 1 aromatic heterocycles. The predicted octanol–water partition coefficient (Wildman–Crippen LogP) is 3.46. The first kappa shape index (κ1) is 15.9. The summed E-state index contributed by atoms with van der Waals surface area (Å²) in [6, 6.07) is 4.66. The highest BCUT2D eigenvalue weighted by molar-refractivity contribution is 5.94. The second-order valence-corrected chi connectivity index (χ2v) is 6.02. The standard InChI is InChI=1S/C16H19NO5/c1-9-11-7-10(14(18)19)5-6-12(11)21-13(9)8-17-15(20)22-16(2,3)4/h5-7H,8H2,1-4H3,(H,17,20)(H,18,19). The lowest BCUT2D eigenvalue weighted by Gasteiger charge is -2.19. The summed E-state index contributed by atoms with van der Waals surface area (Å²) < 4.78 is 10.8. The molecule has 1 amide bonds. The van der Waals surface area contributed by atoms with Crippen molar-refractivity contribution < 1.29 is 23.8 Å². The van der Waals surface area contributed by atoms with E-state index in [2.05, 4.69) is 5.32 Å². The first-order valence-electron chi connectivity index (χ1n) is 6.89. The molecule has 0 bridgehead atoms. The van der Waals surface area contributed by atoms with E-state index < -0.39 is 17.7 Å². The van der Waals surface area contributed by atoms with Gasteiger partial charge in [0.25, 0.3) is 0 Å². The molecule has 0 atom stereocenters. The van der Waals surface area contributed by atoms with Crippen molar-refractivity contribution in [2.24, 2.45) is 0 Å². The number of fused-ring (bicyclic) bond motifs is 1. The van der Waals surface area contributed by atoms with Gasteiger partial charge in [-0.3, -0.25) is 0 Å². The summed E-state index contributed by atoms with van der Waals surface area (Å²) in [4.78, 5) is 22.7. The van der Waals surface area contributed by atoms with E-state index >= 15 is 0 Å². The largest absolute Gasteiger partial charge is 0.478 e. The molecule has 1 heterocycles. The van der Waals surface area contributed by atoms with Crippen LogP contribution in [-0.2, 0) is 11.3 Å². The van der Waals surface area contributed by atoms with Gasteiger partial charge in [-0.1, -0.05) is 0 Å². The number of benzene rings is 1. The van der Waals surface area contributed by atoms with E-state index in [-0.39, 0.29) is 12.1 Å². The van der Waals surface area contributed by atoms with Gasteiger partial charge in [-0.05, 0) is 45.9 Å². The van der Waals surface area contributed by atoms with E-state index in [4.69, 9.17) is 14.3 Å². The normalized spacial score (nSPS) is 11.5. The maximum absolute atomic E-state index is 11.6. The number of hydrogen-bond donors (Lipinski definition) is 2. The van der Waals surface area contributed by atoms with Crippen LogP contribution in [0.2, 0.25) is 0 Å². The number of amides is 1. The van der Waals surface area contributed by atoms with E-state index in [1.165, 1.54) is 6.07 Å². The summed E-state index contributed by atoms with van der Waals surface area (Å²) in [6.45, 7) is 7.35. The molecule has 0 spiro atoms. The number of carboxylic acid groups (broad SMARTS) is 1. The molecule has 0 unspecified atom stereocenters. The molecule has 1 aromatic carbocycles. The molecule has 6 heteroatoms. The Morgan fingerprint density at radius 2 is 2.00 bits per heavy atom. The molecule has 0 radical (unpaired) electrons. The fourth-order valence-electron chi connectivity index (χ4n) is 2.04. The second-order valence-electron chi connectivity index (χ2n) is 6.02. The molecule has 0 aliphatic heterocycles. The molecule has 22 heavy (non-hydrogen) atoms. The second kappa shape index (κ2) is 5.71. The third-order valence-corrected chi connectivity index (χ3v) is 3.07. The highest BCUT2D eigenvalue weighted by atomic mass is 16.6. The summed E-state index contributed by atoms with van der Waals surface area (Å²) in [5, 5.41) is 12.4. The molecule has 2 aromatic rings. The van der Waals surface area contributed by atoms with Crippen LogP contribution in [0.1, 0.15) is 42.5 Å². The van der Waals surface area contributed by atoms with Crippen molar-refractivity contribution in [1.82, 2.24) is 5.32 Å². The Morgan fingerprint density at radius 3 is 2.59 bits per heavy atom. The van der Waals surface area contributed by atoms with E-state index in [1.807, 2.05) is 6.92 Å². The SMILES string of the molecule is Cc1c(CNC(=O)OC(C)(C)C)oc2ccc(C(=O)O)cc12.